The van der Waals surface area contributed by atoms with Crippen LogP contribution in [-0.2, 0) is 6.42 Å². The minimum Gasteiger partial charge on any atom is -0.255 e. The summed E-state index contributed by atoms with van der Waals surface area (Å²) in [6, 6.07) is 20.3. The molecule has 0 fully saturated rings. The first-order valence-corrected chi connectivity index (χ1v) is 10.1. The first-order valence-electron chi connectivity index (χ1n) is 10.1. The fraction of sp³-hybridized carbons (Fsp3) is 0.222. The molecule has 0 saturated carbocycles. The SMILES string of the molecule is Cc1cc2c(c(-c3ncc(C)c4cc(C(C)C)ccc34)c1)Cc1ccccc1-2. The van der Waals surface area contributed by atoms with E-state index >= 15 is 0 Å². The van der Waals surface area contributed by atoms with E-state index in [1.54, 1.807) is 0 Å². The van der Waals surface area contributed by atoms with Crippen LogP contribution in [-0.4, -0.2) is 4.98 Å². The van der Waals surface area contributed by atoms with Gasteiger partial charge in [0, 0.05) is 17.1 Å². The molecule has 0 bridgehead atoms. The maximum atomic E-state index is 4.93. The molecular formula is C27H25N. The van der Waals surface area contributed by atoms with Crippen molar-refractivity contribution in [1.29, 1.82) is 0 Å². The van der Waals surface area contributed by atoms with Crippen LogP contribution in [0.25, 0.3) is 33.2 Å². The maximum Gasteiger partial charge on any atom is 0.0783 e. The third-order valence-electron chi connectivity index (χ3n) is 6.10. The lowest BCUT2D eigenvalue weighted by atomic mass is 9.91. The molecule has 138 valence electrons. The lowest BCUT2D eigenvalue weighted by Crippen LogP contribution is -1.96. The molecule has 5 rings (SSSR count). The number of aryl methyl sites for hydroxylation is 2. The van der Waals surface area contributed by atoms with Crippen LogP contribution >= 0.6 is 0 Å². The highest BCUT2D eigenvalue weighted by Gasteiger charge is 2.23. The zero-order valence-electron chi connectivity index (χ0n) is 17.0. The van der Waals surface area contributed by atoms with E-state index in [9.17, 15) is 0 Å². The van der Waals surface area contributed by atoms with Crippen molar-refractivity contribution < 1.29 is 0 Å². The van der Waals surface area contributed by atoms with E-state index in [0.717, 1.165) is 12.1 Å². The van der Waals surface area contributed by atoms with Gasteiger partial charge in [-0.3, -0.25) is 4.98 Å². The summed E-state index contributed by atoms with van der Waals surface area (Å²) in [7, 11) is 0. The van der Waals surface area contributed by atoms with E-state index in [1.807, 2.05) is 6.20 Å². The number of rotatable bonds is 2. The molecule has 1 heteroatoms. The van der Waals surface area contributed by atoms with Gasteiger partial charge in [0.15, 0.2) is 0 Å². The van der Waals surface area contributed by atoms with Crippen molar-refractivity contribution in [3.63, 3.8) is 0 Å². The number of hydrogen-bond donors (Lipinski definition) is 0. The summed E-state index contributed by atoms with van der Waals surface area (Å²) in [5.41, 5.74) is 11.9. The summed E-state index contributed by atoms with van der Waals surface area (Å²) in [5.74, 6) is 0.526. The lowest BCUT2D eigenvalue weighted by Gasteiger charge is -2.15. The Hall–Kier alpha value is -2.93. The Morgan fingerprint density at radius 2 is 1.61 bits per heavy atom. The van der Waals surface area contributed by atoms with E-state index in [-0.39, 0.29) is 0 Å². The van der Waals surface area contributed by atoms with Crippen LogP contribution in [0.3, 0.4) is 0 Å². The maximum absolute atomic E-state index is 4.93. The van der Waals surface area contributed by atoms with Crippen LogP contribution in [0.1, 0.15) is 47.6 Å². The van der Waals surface area contributed by atoms with Crippen LogP contribution in [0.2, 0.25) is 0 Å². The molecule has 1 heterocycles. The van der Waals surface area contributed by atoms with Gasteiger partial charge in [0.05, 0.1) is 5.69 Å². The summed E-state index contributed by atoms with van der Waals surface area (Å²) in [6.45, 7) is 8.87. The molecule has 28 heavy (non-hydrogen) atoms. The molecule has 1 aliphatic rings. The third-order valence-corrected chi connectivity index (χ3v) is 6.10. The molecule has 0 aliphatic heterocycles. The zero-order valence-corrected chi connectivity index (χ0v) is 17.0. The molecule has 1 aliphatic carbocycles. The Balaban J connectivity index is 1.79. The van der Waals surface area contributed by atoms with Gasteiger partial charge in [-0.1, -0.05) is 62.4 Å². The quantitative estimate of drug-likeness (QED) is 0.323. The van der Waals surface area contributed by atoms with Crippen LogP contribution in [0.15, 0.2) is 60.8 Å². The van der Waals surface area contributed by atoms with Gasteiger partial charge in [-0.15, -0.1) is 0 Å². The minimum absolute atomic E-state index is 0.526. The summed E-state index contributed by atoms with van der Waals surface area (Å²) in [5, 5.41) is 2.58. The molecule has 0 spiro atoms. The highest BCUT2D eigenvalue weighted by atomic mass is 14.7. The van der Waals surface area contributed by atoms with Crippen molar-refractivity contribution in [3.8, 4) is 22.4 Å². The summed E-state index contributed by atoms with van der Waals surface area (Å²) < 4.78 is 0. The van der Waals surface area contributed by atoms with Gasteiger partial charge in [-0.05, 0) is 76.6 Å². The van der Waals surface area contributed by atoms with Crippen molar-refractivity contribution in [2.24, 2.45) is 0 Å². The second-order valence-electron chi connectivity index (χ2n) is 8.42. The van der Waals surface area contributed by atoms with Gasteiger partial charge in [0.25, 0.3) is 0 Å². The number of nitrogens with zero attached hydrogens (tertiary/aromatic N) is 1. The summed E-state index contributed by atoms with van der Waals surface area (Å²) in [4.78, 5) is 4.93. The molecule has 3 aromatic carbocycles. The molecule has 0 radical (unpaired) electrons. The van der Waals surface area contributed by atoms with Crippen LogP contribution in [0, 0.1) is 13.8 Å². The third kappa shape index (κ3) is 2.57. The predicted octanol–water partition coefficient (Wildman–Crippen LogP) is 7.21. The van der Waals surface area contributed by atoms with Crippen molar-refractivity contribution in [2.45, 2.75) is 40.0 Å². The molecule has 0 saturated heterocycles. The van der Waals surface area contributed by atoms with Crippen molar-refractivity contribution >= 4 is 10.8 Å². The van der Waals surface area contributed by atoms with Crippen molar-refractivity contribution in [1.82, 2.24) is 4.98 Å². The first kappa shape index (κ1) is 17.2. The standard InChI is InChI=1S/C27H25N/c1-16(2)19-9-10-22-23(13-19)18(4)15-28-27(22)26-12-17(3)11-24-21-8-6-5-7-20(21)14-25(24)26/h5-13,15-16H,14H2,1-4H3. The van der Waals surface area contributed by atoms with Crippen molar-refractivity contribution in [2.75, 3.05) is 0 Å². The Bertz CT molecular complexity index is 1230. The lowest BCUT2D eigenvalue weighted by molar-refractivity contribution is 0.868. The molecule has 0 atom stereocenters. The highest BCUT2D eigenvalue weighted by molar-refractivity contribution is 5.99. The van der Waals surface area contributed by atoms with Crippen LogP contribution in [0.5, 0.6) is 0 Å². The number of pyridine rings is 1. The van der Waals surface area contributed by atoms with Gasteiger partial charge in [0.2, 0.25) is 0 Å². The second-order valence-corrected chi connectivity index (χ2v) is 8.42. The first-order chi connectivity index (χ1) is 13.5. The summed E-state index contributed by atoms with van der Waals surface area (Å²) >= 11 is 0. The number of hydrogen-bond acceptors (Lipinski definition) is 1. The van der Waals surface area contributed by atoms with Gasteiger partial charge in [-0.2, -0.15) is 0 Å². The van der Waals surface area contributed by atoms with Gasteiger partial charge in [-0.25, -0.2) is 0 Å². The Kier molecular flexibility index (Phi) is 3.87. The van der Waals surface area contributed by atoms with Gasteiger partial charge < -0.3 is 0 Å². The molecule has 0 N–H and O–H groups in total. The Labute approximate surface area is 167 Å². The average Bonchev–Trinajstić information content (AvgIpc) is 3.06. The highest BCUT2D eigenvalue weighted by Crippen LogP contribution is 2.43. The van der Waals surface area contributed by atoms with E-state index in [2.05, 4.69) is 82.3 Å². The fourth-order valence-corrected chi connectivity index (χ4v) is 4.55. The fourth-order valence-electron chi connectivity index (χ4n) is 4.55. The molecular weight excluding hydrogens is 338 g/mol. The molecule has 1 nitrogen and oxygen atoms in total. The topological polar surface area (TPSA) is 12.9 Å². The zero-order chi connectivity index (χ0) is 19.4. The molecule has 4 aromatic rings. The van der Waals surface area contributed by atoms with E-state index in [4.69, 9.17) is 4.98 Å². The number of fused-ring (bicyclic) bond motifs is 4. The van der Waals surface area contributed by atoms with Gasteiger partial charge >= 0.3 is 0 Å². The monoisotopic (exact) mass is 363 g/mol. The second kappa shape index (κ2) is 6.31. The van der Waals surface area contributed by atoms with E-state index in [1.165, 1.54) is 55.3 Å². The van der Waals surface area contributed by atoms with E-state index < -0.39 is 0 Å². The number of aromatic nitrogens is 1. The average molecular weight is 364 g/mol. The Morgan fingerprint density at radius 3 is 2.43 bits per heavy atom. The normalized spacial score (nSPS) is 12.5. The molecule has 0 unspecified atom stereocenters. The number of benzene rings is 3. The van der Waals surface area contributed by atoms with E-state index in [0.29, 0.717) is 5.92 Å². The summed E-state index contributed by atoms with van der Waals surface area (Å²) in [6.07, 6.45) is 3.03. The molecule has 0 amide bonds. The van der Waals surface area contributed by atoms with Crippen molar-refractivity contribution in [3.05, 3.63) is 88.6 Å². The molecule has 1 aromatic heterocycles. The predicted molar refractivity (Wildman–Crippen MR) is 119 cm³/mol. The smallest absolute Gasteiger partial charge is 0.0783 e. The minimum atomic E-state index is 0.526. The largest absolute Gasteiger partial charge is 0.255 e. The Morgan fingerprint density at radius 1 is 0.821 bits per heavy atom. The van der Waals surface area contributed by atoms with Crippen LogP contribution < -0.4 is 0 Å². The van der Waals surface area contributed by atoms with Gasteiger partial charge in [0.1, 0.15) is 0 Å². The van der Waals surface area contributed by atoms with Crippen LogP contribution in [0.4, 0.5) is 0 Å².